The molecule has 0 radical (unpaired) electrons. The maximum Gasteiger partial charge on any atom is 0.416 e. The van der Waals surface area contributed by atoms with Gasteiger partial charge >= 0.3 is 12.1 Å². The number of nitrogens with zero attached hydrogens (tertiary/aromatic N) is 1. The zero-order chi connectivity index (χ0) is 14.2. The maximum absolute atomic E-state index is 11.4. The second-order valence-electron chi connectivity index (χ2n) is 3.78. The van der Waals surface area contributed by atoms with Crippen molar-refractivity contribution < 1.29 is 24.2 Å². The van der Waals surface area contributed by atoms with E-state index in [1.54, 1.807) is 0 Å². The number of methoxy groups -OCH3 is 1. The lowest BCUT2D eigenvalue weighted by molar-refractivity contribution is 0.0600. The van der Waals surface area contributed by atoms with Crippen molar-refractivity contribution in [3.05, 3.63) is 35.5 Å². The third kappa shape index (κ3) is 2.01. The molecule has 7 nitrogen and oxygen atoms in total. The summed E-state index contributed by atoms with van der Waals surface area (Å²) in [4.78, 5) is 33.8. The molecular weight excluding hydrogens is 252 g/mol. The Hall–Kier alpha value is -2.83. The number of carbonyl (C=O) groups excluding carboxylic acids is 2. The highest BCUT2D eigenvalue weighted by Crippen LogP contribution is 2.23. The van der Waals surface area contributed by atoms with Crippen molar-refractivity contribution in [2.45, 2.75) is 0 Å². The second-order valence-corrected chi connectivity index (χ2v) is 3.78. The summed E-state index contributed by atoms with van der Waals surface area (Å²) in [5.41, 5.74) is 5.70. The zero-order valence-corrected chi connectivity index (χ0v) is 9.91. The molecule has 0 saturated heterocycles. The first-order valence-electron chi connectivity index (χ1n) is 5.22. The van der Waals surface area contributed by atoms with Gasteiger partial charge in [0.05, 0.1) is 23.8 Å². The number of fused-ring (bicyclic) bond motifs is 1. The maximum atomic E-state index is 11.4. The van der Waals surface area contributed by atoms with Crippen molar-refractivity contribution in [2.75, 3.05) is 7.11 Å². The number of hydrogen-bond donors (Lipinski definition) is 2. The number of nitrogens with two attached hydrogens (primary N) is 1. The summed E-state index contributed by atoms with van der Waals surface area (Å²) in [6, 6.07) is 4.21. The van der Waals surface area contributed by atoms with E-state index in [2.05, 4.69) is 4.74 Å². The predicted molar refractivity (Wildman–Crippen MR) is 65.2 cm³/mol. The number of rotatable bonds is 2. The topological polar surface area (TPSA) is 112 Å². The molecule has 3 N–H and O–H groups in total. The first kappa shape index (κ1) is 12.6. The van der Waals surface area contributed by atoms with Crippen LogP contribution in [0.5, 0.6) is 0 Å². The average Bonchev–Trinajstić information content (AvgIpc) is 2.76. The Morgan fingerprint density at radius 3 is 2.53 bits per heavy atom. The molecule has 1 heterocycles. The largest absolute Gasteiger partial charge is 0.465 e. The van der Waals surface area contributed by atoms with Crippen LogP contribution < -0.4 is 5.73 Å². The van der Waals surface area contributed by atoms with Crippen LogP contribution in [0.2, 0.25) is 0 Å². The standard InChI is InChI=1S/C12H10N2O5/c1-19-11(16)6-2-3-9-7(4-6)8(10(13)15)5-14(9)12(17)18/h2-5H,1H3,(H2,13,15)(H,17,18). The van der Waals surface area contributed by atoms with Gasteiger partial charge in [0.15, 0.2) is 0 Å². The quantitative estimate of drug-likeness (QED) is 0.785. The van der Waals surface area contributed by atoms with Gasteiger partial charge in [0.1, 0.15) is 0 Å². The van der Waals surface area contributed by atoms with Gasteiger partial charge in [-0.05, 0) is 18.2 Å². The van der Waals surface area contributed by atoms with E-state index in [1.807, 2.05) is 0 Å². The molecule has 1 aromatic carbocycles. The molecule has 2 aromatic rings. The molecule has 0 unspecified atom stereocenters. The van der Waals surface area contributed by atoms with Crippen molar-refractivity contribution >= 4 is 28.9 Å². The Labute approximate surface area is 107 Å². The minimum Gasteiger partial charge on any atom is -0.465 e. The summed E-state index contributed by atoms with van der Waals surface area (Å²) in [6.45, 7) is 0. The Balaban J connectivity index is 2.76. The van der Waals surface area contributed by atoms with Crippen molar-refractivity contribution in [3.63, 3.8) is 0 Å². The first-order valence-corrected chi connectivity index (χ1v) is 5.22. The van der Waals surface area contributed by atoms with Crippen molar-refractivity contribution in [1.29, 1.82) is 0 Å². The fraction of sp³-hybridized carbons (Fsp3) is 0.0833. The Morgan fingerprint density at radius 1 is 1.32 bits per heavy atom. The van der Waals surface area contributed by atoms with Crippen LogP contribution in [0.15, 0.2) is 24.4 Å². The fourth-order valence-corrected chi connectivity index (χ4v) is 1.83. The van der Waals surface area contributed by atoms with Gasteiger partial charge in [0.2, 0.25) is 0 Å². The highest BCUT2D eigenvalue weighted by molar-refractivity contribution is 6.09. The van der Waals surface area contributed by atoms with Crippen LogP contribution in [-0.4, -0.2) is 34.8 Å². The number of amides is 1. The molecule has 19 heavy (non-hydrogen) atoms. The van der Waals surface area contributed by atoms with Crippen LogP contribution in [0.1, 0.15) is 20.7 Å². The minimum atomic E-state index is -1.25. The van der Waals surface area contributed by atoms with E-state index >= 15 is 0 Å². The van der Waals surface area contributed by atoms with Gasteiger partial charge in [0, 0.05) is 11.6 Å². The number of hydrogen-bond acceptors (Lipinski definition) is 4. The molecule has 0 atom stereocenters. The molecule has 98 valence electrons. The third-order valence-corrected chi connectivity index (χ3v) is 2.70. The Bertz CT molecular complexity index is 701. The van der Waals surface area contributed by atoms with Crippen LogP contribution in [0, 0.1) is 0 Å². The number of carboxylic acid groups (broad SMARTS) is 1. The van der Waals surface area contributed by atoms with E-state index in [0.717, 1.165) is 10.8 Å². The van der Waals surface area contributed by atoms with Crippen molar-refractivity contribution in [2.24, 2.45) is 5.73 Å². The molecule has 2 rings (SSSR count). The molecule has 0 fully saturated rings. The lowest BCUT2D eigenvalue weighted by Gasteiger charge is -2.01. The Morgan fingerprint density at radius 2 is 2.00 bits per heavy atom. The smallest absolute Gasteiger partial charge is 0.416 e. The predicted octanol–water partition coefficient (Wildman–Crippen LogP) is 1.05. The summed E-state index contributed by atoms with van der Waals surface area (Å²) in [5, 5.41) is 9.31. The van der Waals surface area contributed by atoms with Gasteiger partial charge in [-0.1, -0.05) is 0 Å². The molecule has 0 aliphatic heterocycles. The number of aromatic nitrogens is 1. The van der Waals surface area contributed by atoms with E-state index in [4.69, 9.17) is 10.8 Å². The van der Waals surface area contributed by atoms with Crippen LogP contribution in [-0.2, 0) is 4.74 Å². The van der Waals surface area contributed by atoms with Crippen LogP contribution >= 0.6 is 0 Å². The number of ether oxygens (including phenoxy) is 1. The van der Waals surface area contributed by atoms with Gasteiger partial charge in [-0.2, -0.15) is 0 Å². The van der Waals surface area contributed by atoms with Crippen molar-refractivity contribution in [3.8, 4) is 0 Å². The molecule has 0 spiro atoms. The summed E-state index contributed by atoms with van der Waals surface area (Å²) in [5.74, 6) is -1.35. The van der Waals surface area contributed by atoms with Gasteiger partial charge in [-0.3, -0.25) is 9.36 Å². The number of carbonyl (C=O) groups is 3. The molecule has 1 aromatic heterocycles. The van der Waals surface area contributed by atoms with E-state index < -0.39 is 18.0 Å². The van der Waals surface area contributed by atoms with Crippen LogP contribution in [0.25, 0.3) is 10.9 Å². The monoisotopic (exact) mass is 262 g/mol. The second kappa shape index (κ2) is 4.45. The molecule has 0 bridgehead atoms. The first-order chi connectivity index (χ1) is 8.95. The van der Waals surface area contributed by atoms with Gasteiger partial charge in [0.25, 0.3) is 5.91 Å². The number of benzene rings is 1. The van der Waals surface area contributed by atoms with E-state index in [9.17, 15) is 14.4 Å². The minimum absolute atomic E-state index is 0.0307. The van der Waals surface area contributed by atoms with Crippen LogP contribution in [0.4, 0.5) is 4.79 Å². The van der Waals surface area contributed by atoms with E-state index in [1.165, 1.54) is 25.3 Å². The van der Waals surface area contributed by atoms with Crippen LogP contribution in [0.3, 0.4) is 0 Å². The lowest BCUT2D eigenvalue weighted by Crippen LogP contribution is -2.11. The summed E-state index contributed by atoms with van der Waals surface area (Å²) >= 11 is 0. The number of primary amides is 1. The van der Waals surface area contributed by atoms with E-state index in [0.29, 0.717) is 0 Å². The highest BCUT2D eigenvalue weighted by Gasteiger charge is 2.18. The normalized spacial score (nSPS) is 10.4. The summed E-state index contributed by atoms with van der Waals surface area (Å²) in [6.07, 6.45) is -0.126. The molecule has 0 aliphatic rings. The van der Waals surface area contributed by atoms with Gasteiger partial charge < -0.3 is 15.6 Å². The van der Waals surface area contributed by atoms with Crippen molar-refractivity contribution in [1.82, 2.24) is 4.57 Å². The van der Waals surface area contributed by atoms with E-state index in [-0.39, 0.29) is 22.0 Å². The number of esters is 1. The summed E-state index contributed by atoms with van der Waals surface area (Å²) in [7, 11) is 1.23. The lowest BCUT2D eigenvalue weighted by atomic mass is 10.1. The molecule has 0 aliphatic carbocycles. The van der Waals surface area contributed by atoms with Gasteiger partial charge in [-0.25, -0.2) is 9.59 Å². The van der Waals surface area contributed by atoms with Gasteiger partial charge in [-0.15, -0.1) is 0 Å². The SMILES string of the molecule is COC(=O)c1ccc2c(c1)c(C(N)=O)cn2C(=O)O. The third-order valence-electron chi connectivity index (χ3n) is 2.70. The summed E-state index contributed by atoms with van der Waals surface area (Å²) < 4.78 is 5.43. The Kier molecular flexibility index (Phi) is 2.95. The average molecular weight is 262 g/mol. The highest BCUT2D eigenvalue weighted by atomic mass is 16.5. The zero-order valence-electron chi connectivity index (χ0n) is 9.91. The fourth-order valence-electron chi connectivity index (χ4n) is 1.83. The molecule has 0 saturated carbocycles. The molecule has 7 heteroatoms. The molecular formula is C12H10N2O5. The molecule has 1 amide bonds.